The molecule has 0 unspecified atom stereocenters. The van der Waals surface area contributed by atoms with Crippen LogP contribution in [0.15, 0.2) is 54.2 Å². The van der Waals surface area contributed by atoms with Crippen molar-refractivity contribution in [3.63, 3.8) is 0 Å². The minimum Gasteiger partial charge on any atom is -0.364 e. The SMILES string of the molecule is Cc1cccc(N2C(=O)C(c3ccc(F)cc3)=C(N3CCN(C)CC3)C2=O)c1. The number of hydrogen-bond acceptors (Lipinski definition) is 4. The van der Waals surface area contributed by atoms with E-state index in [1.165, 1.54) is 17.0 Å². The zero-order valence-corrected chi connectivity index (χ0v) is 16.0. The first-order valence-electron chi connectivity index (χ1n) is 9.35. The van der Waals surface area contributed by atoms with Crippen LogP contribution in [0.25, 0.3) is 5.57 Å². The summed E-state index contributed by atoms with van der Waals surface area (Å²) in [5, 5.41) is 0. The first kappa shape index (κ1) is 18.4. The van der Waals surface area contributed by atoms with Crippen LogP contribution in [-0.2, 0) is 9.59 Å². The Hall–Kier alpha value is -2.99. The van der Waals surface area contributed by atoms with Gasteiger partial charge in [-0.15, -0.1) is 0 Å². The molecule has 2 aliphatic rings. The maximum absolute atomic E-state index is 13.4. The predicted octanol–water partition coefficient (Wildman–Crippen LogP) is 2.67. The number of hydrogen-bond donors (Lipinski definition) is 0. The quantitative estimate of drug-likeness (QED) is 0.769. The molecule has 2 amide bonds. The Bertz CT molecular complexity index is 960. The predicted molar refractivity (Wildman–Crippen MR) is 106 cm³/mol. The fourth-order valence-corrected chi connectivity index (χ4v) is 3.72. The summed E-state index contributed by atoms with van der Waals surface area (Å²) in [6.07, 6.45) is 0. The standard InChI is InChI=1S/C22H22FN3O2/c1-15-4-3-5-18(14-15)26-21(27)19(16-6-8-17(23)9-7-16)20(22(26)28)25-12-10-24(2)11-13-25/h3-9,14H,10-13H2,1-2H3. The molecular weight excluding hydrogens is 357 g/mol. The molecular formula is C22H22FN3O2. The summed E-state index contributed by atoms with van der Waals surface area (Å²) in [6, 6.07) is 13.1. The highest BCUT2D eigenvalue weighted by Gasteiger charge is 2.42. The fraction of sp³-hybridized carbons (Fsp3) is 0.273. The van der Waals surface area contributed by atoms with E-state index >= 15 is 0 Å². The molecule has 2 heterocycles. The van der Waals surface area contributed by atoms with Crippen LogP contribution in [0, 0.1) is 12.7 Å². The Morgan fingerprint density at radius 1 is 0.893 bits per heavy atom. The lowest BCUT2D eigenvalue weighted by molar-refractivity contribution is -0.120. The van der Waals surface area contributed by atoms with Crippen LogP contribution in [0.4, 0.5) is 10.1 Å². The van der Waals surface area contributed by atoms with Gasteiger partial charge in [-0.25, -0.2) is 9.29 Å². The maximum atomic E-state index is 13.4. The van der Waals surface area contributed by atoms with Gasteiger partial charge >= 0.3 is 0 Å². The molecule has 0 N–H and O–H groups in total. The molecule has 144 valence electrons. The van der Waals surface area contributed by atoms with E-state index in [0.717, 1.165) is 18.7 Å². The molecule has 0 radical (unpaired) electrons. The van der Waals surface area contributed by atoms with Crippen molar-refractivity contribution in [2.24, 2.45) is 0 Å². The van der Waals surface area contributed by atoms with Crippen LogP contribution in [0.2, 0.25) is 0 Å². The maximum Gasteiger partial charge on any atom is 0.282 e. The topological polar surface area (TPSA) is 43.9 Å². The highest BCUT2D eigenvalue weighted by molar-refractivity contribution is 6.45. The Morgan fingerprint density at radius 3 is 2.21 bits per heavy atom. The molecule has 2 aliphatic heterocycles. The molecule has 1 saturated heterocycles. The molecule has 0 spiro atoms. The van der Waals surface area contributed by atoms with E-state index in [4.69, 9.17) is 0 Å². The van der Waals surface area contributed by atoms with Gasteiger partial charge < -0.3 is 9.80 Å². The van der Waals surface area contributed by atoms with Gasteiger partial charge in [0.25, 0.3) is 11.8 Å². The highest BCUT2D eigenvalue weighted by atomic mass is 19.1. The Kier molecular flexibility index (Phi) is 4.73. The van der Waals surface area contributed by atoms with E-state index in [9.17, 15) is 14.0 Å². The first-order valence-corrected chi connectivity index (χ1v) is 9.35. The second-order valence-corrected chi connectivity index (χ2v) is 7.31. The molecule has 0 aliphatic carbocycles. The largest absolute Gasteiger partial charge is 0.364 e. The van der Waals surface area contributed by atoms with Crippen LogP contribution in [0.3, 0.4) is 0 Å². The summed E-state index contributed by atoms with van der Waals surface area (Å²) < 4.78 is 13.4. The van der Waals surface area contributed by atoms with Crippen LogP contribution >= 0.6 is 0 Å². The highest BCUT2D eigenvalue weighted by Crippen LogP contribution is 2.35. The summed E-state index contributed by atoms with van der Waals surface area (Å²) >= 11 is 0. The summed E-state index contributed by atoms with van der Waals surface area (Å²) in [5.41, 5.74) is 2.83. The molecule has 28 heavy (non-hydrogen) atoms. The summed E-state index contributed by atoms with van der Waals surface area (Å²) in [4.78, 5) is 32.1. The second-order valence-electron chi connectivity index (χ2n) is 7.31. The average Bonchev–Trinajstić information content (AvgIpc) is 2.93. The van der Waals surface area contributed by atoms with E-state index in [0.29, 0.717) is 35.6 Å². The number of imide groups is 1. The lowest BCUT2D eigenvalue weighted by Gasteiger charge is -2.34. The molecule has 4 rings (SSSR count). The zero-order valence-electron chi connectivity index (χ0n) is 16.0. The Balaban J connectivity index is 1.81. The number of aryl methyl sites for hydroxylation is 1. The van der Waals surface area contributed by atoms with Crippen molar-refractivity contribution in [3.8, 4) is 0 Å². The number of carbonyl (C=O) groups is 2. The van der Waals surface area contributed by atoms with Gasteiger partial charge in [0.15, 0.2) is 0 Å². The van der Waals surface area contributed by atoms with Crippen molar-refractivity contribution in [1.82, 2.24) is 9.80 Å². The number of piperazine rings is 1. The van der Waals surface area contributed by atoms with E-state index in [2.05, 4.69) is 4.90 Å². The molecule has 5 nitrogen and oxygen atoms in total. The third-order valence-corrected chi connectivity index (χ3v) is 5.27. The van der Waals surface area contributed by atoms with E-state index in [-0.39, 0.29) is 17.6 Å². The minimum atomic E-state index is -0.377. The van der Waals surface area contributed by atoms with Crippen LogP contribution in [0.1, 0.15) is 11.1 Å². The number of amides is 2. The van der Waals surface area contributed by atoms with Crippen molar-refractivity contribution in [3.05, 3.63) is 71.2 Å². The van der Waals surface area contributed by atoms with Crippen LogP contribution < -0.4 is 4.90 Å². The average molecular weight is 379 g/mol. The summed E-state index contributed by atoms with van der Waals surface area (Å²) in [7, 11) is 2.03. The number of benzene rings is 2. The number of anilines is 1. The number of rotatable bonds is 3. The molecule has 0 aromatic heterocycles. The number of nitrogens with zero attached hydrogens (tertiary/aromatic N) is 3. The van der Waals surface area contributed by atoms with Gasteiger partial charge in [-0.2, -0.15) is 0 Å². The van der Waals surface area contributed by atoms with E-state index in [1.807, 2.05) is 37.1 Å². The molecule has 0 saturated carbocycles. The third kappa shape index (κ3) is 3.20. The lowest BCUT2D eigenvalue weighted by atomic mass is 10.0. The second kappa shape index (κ2) is 7.20. The summed E-state index contributed by atoms with van der Waals surface area (Å²) in [6.45, 7) is 4.87. The Labute approximate surface area is 163 Å². The number of carbonyl (C=O) groups excluding carboxylic acids is 2. The molecule has 6 heteroatoms. The van der Waals surface area contributed by atoms with Crippen LogP contribution in [-0.4, -0.2) is 54.8 Å². The van der Waals surface area contributed by atoms with Gasteiger partial charge in [-0.05, 0) is 49.4 Å². The normalized spacial score (nSPS) is 18.4. The zero-order chi connectivity index (χ0) is 19.8. The van der Waals surface area contributed by atoms with Crippen molar-refractivity contribution in [2.75, 3.05) is 38.1 Å². The van der Waals surface area contributed by atoms with Gasteiger partial charge in [0.05, 0.1) is 11.3 Å². The van der Waals surface area contributed by atoms with E-state index in [1.54, 1.807) is 18.2 Å². The number of halogens is 1. The van der Waals surface area contributed by atoms with Gasteiger partial charge in [-0.1, -0.05) is 24.3 Å². The van der Waals surface area contributed by atoms with Crippen LogP contribution in [0.5, 0.6) is 0 Å². The molecule has 1 fully saturated rings. The van der Waals surface area contributed by atoms with Crippen molar-refractivity contribution >= 4 is 23.1 Å². The van der Waals surface area contributed by atoms with E-state index < -0.39 is 0 Å². The minimum absolute atomic E-state index is 0.320. The van der Waals surface area contributed by atoms with Crippen molar-refractivity contribution < 1.29 is 14.0 Å². The fourth-order valence-electron chi connectivity index (χ4n) is 3.72. The molecule has 2 aromatic rings. The Morgan fingerprint density at radius 2 is 1.57 bits per heavy atom. The van der Waals surface area contributed by atoms with Crippen molar-refractivity contribution in [1.29, 1.82) is 0 Å². The number of likely N-dealkylation sites (N-methyl/N-ethyl adjacent to an activating group) is 1. The van der Waals surface area contributed by atoms with Gasteiger partial charge in [0.2, 0.25) is 0 Å². The smallest absolute Gasteiger partial charge is 0.282 e. The van der Waals surface area contributed by atoms with Crippen molar-refractivity contribution in [2.45, 2.75) is 6.92 Å². The van der Waals surface area contributed by atoms with Gasteiger partial charge in [-0.3, -0.25) is 9.59 Å². The molecule has 0 atom stereocenters. The van der Waals surface area contributed by atoms with Gasteiger partial charge in [0.1, 0.15) is 11.5 Å². The first-order chi connectivity index (χ1) is 13.5. The lowest BCUT2D eigenvalue weighted by Crippen LogP contribution is -2.46. The molecule has 2 aromatic carbocycles. The third-order valence-electron chi connectivity index (χ3n) is 5.27. The monoisotopic (exact) mass is 379 g/mol. The molecule has 0 bridgehead atoms. The van der Waals surface area contributed by atoms with Gasteiger partial charge in [0, 0.05) is 26.2 Å². The summed E-state index contributed by atoms with van der Waals surface area (Å²) in [5.74, 6) is -1.06.